The Labute approximate surface area is 173 Å². The summed E-state index contributed by atoms with van der Waals surface area (Å²) in [6, 6.07) is 9.38. The van der Waals surface area contributed by atoms with Crippen molar-refractivity contribution in [3.05, 3.63) is 78.9 Å². The van der Waals surface area contributed by atoms with Gasteiger partial charge in [0.15, 0.2) is 5.69 Å². The molecule has 2 heterocycles. The van der Waals surface area contributed by atoms with Gasteiger partial charge in [-0.3, -0.25) is 9.59 Å². The second kappa shape index (κ2) is 8.00. The third kappa shape index (κ3) is 4.51. The largest absolute Gasteiger partial charge is 0.418 e. The lowest BCUT2D eigenvalue weighted by molar-refractivity contribution is -0.137. The number of rotatable bonds is 4. The highest BCUT2D eigenvalue weighted by atomic mass is 35.5. The van der Waals surface area contributed by atoms with Crippen LogP contribution in [0, 0.1) is 6.92 Å². The molecule has 0 bridgehead atoms. The maximum atomic E-state index is 13.4. The van der Waals surface area contributed by atoms with Gasteiger partial charge in [0.05, 0.1) is 22.1 Å². The lowest BCUT2D eigenvalue weighted by atomic mass is 10.1. The second-order valence-corrected chi connectivity index (χ2v) is 8.09. The molecular weight excluding hydrogens is 427 g/mol. The van der Waals surface area contributed by atoms with E-state index < -0.39 is 28.8 Å². The third-order valence-electron chi connectivity index (χ3n) is 4.12. The van der Waals surface area contributed by atoms with E-state index in [1.165, 1.54) is 48.4 Å². The standard InChI is InChI=1S/C19H15ClF3N3O2S/c1-11-9-15(27)17(18(28)25(2)10-12-7-8-16(20)29-12)24-26(11)14-6-4-3-5-13(14)19(21,22)23/h3-9H,10H2,1-2H3. The summed E-state index contributed by atoms with van der Waals surface area (Å²) in [5.41, 5.74) is -2.13. The normalized spacial score (nSPS) is 11.5. The van der Waals surface area contributed by atoms with Gasteiger partial charge < -0.3 is 4.90 Å². The number of thiophene rings is 1. The van der Waals surface area contributed by atoms with Crippen LogP contribution in [0.2, 0.25) is 4.34 Å². The summed E-state index contributed by atoms with van der Waals surface area (Å²) in [5, 5.41) is 3.97. The molecule has 0 saturated heterocycles. The molecule has 1 aromatic carbocycles. The summed E-state index contributed by atoms with van der Waals surface area (Å²) in [7, 11) is 1.48. The Morgan fingerprint density at radius 3 is 2.55 bits per heavy atom. The number of amides is 1. The molecule has 3 rings (SSSR count). The van der Waals surface area contributed by atoms with Gasteiger partial charge in [-0.15, -0.1) is 11.3 Å². The average molecular weight is 442 g/mol. The Morgan fingerprint density at radius 1 is 1.24 bits per heavy atom. The molecule has 0 saturated carbocycles. The fourth-order valence-electron chi connectivity index (χ4n) is 2.76. The Balaban J connectivity index is 2.03. The van der Waals surface area contributed by atoms with E-state index in [0.29, 0.717) is 4.34 Å². The van der Waals surface area contributed by atoms with Crippen molar-refractivity contribution in [1.82, 2.24) is 14.7 Å². The van der Waals surface area contributed by atoms with Crippen LogP contribution in [-0.4, -0.2) is 27.6 Å². The number of hydrogen-bond acceptors (Lipinski definition) is 4. The molecule has 0 atom stereocenters. The Bertz CT molecular complexity index is 1120. The minimum absolute atomic E-state index is 0.177. The summed E-state index contributed by atoms with van der Waals surface area (Å²) >= 11 is 7.16. The molecule has 29 heavy (non-hydrogen) atoms. The number of carbonyl (C=O) groups excluding carboxylic acids is 1. The van der Waals surface area contributed by atoms with Crippen LogP contribution < -0.4 is 5.43 Å². The van der Waals surface area contributed by atoms with E-state index in [4.69, 9.17) is 11.6 Å². The molecule has 152 valence electrons. The Kier molecular flexibility index (Phi) is 5.81. The van der Waals surface area contributed by atoms with Gasteiger partial charge >= 0.3 is 6.18 Å². The molecule has 0 fully saturated rings. The quantitative estimate of drug-likeness (QED) is 0.597. The van der Waals surface area contributed by atoms with Crippen molar-refractivity contribution in [3.63, 3.8) is 0 Å². The fourth-order valence-corrected chi connectivity index (χ4v) is 3.90. The average Bonchev–Trinajstić information content (AvgIpc) is 3.05. The lowest BCUT2D eigenvalue weighted by Crippen LogP contribution is -2.33. The molecule has 2 aromatic heterocycles. The van der Waals surface area contributed by atoms with Gasteiger partial charge in [0.25, 0.3) is 5.91 Å². The molecular formula is C19H15ClF3N3O2S. The van der Waals surface area contributed by atoms with Crippen LogP contribution in [0.5, 0.6) is 0 Å². The van der Waals surface area contributed by atoms with E-state index in [2.05, 4.69) is 5.10 Å². The second-order valence-electron chi connectivity index (χ2n) is 6.29. The summed E-state index contributed by atoms with van der Waals surface area (Å²) in [6.07, 6.45) is -4.62. The first kappa shape index (κ1) is 21.1. The number of hydrogen-bond donors (Lipinski definition) is 0. The SMILES string of the molecule is Cc1cc(=O)c(C(=O)N(C)Cc2ccc(Cl)s2)nn1-c1ccccc1C(F)(F)F. The van der Waals surface area contributed by atoms with Crippen LogP contribution in [0.1, 0.15) is 26.6 Å². The number of halogens is 4. The van der Waals surface area contributed by atoms with Crippen LogP contribution in [0.25, 0.3) is 5.69 Å². The summed E-state index contributed by atoms with van der Waals surface area (Å²) in [6.45, 7) is 1.64. The molecule has 0 aliphatic heterocycles. The number of nitrogens with zero attached hydrogens (tertiary/aromatic N) is 3. The maximum Gasteiger partial charge on any atom is 0.418 e. The number of alkyl halides is 3. The zero-order valence-corrected chi connectivity index (χ0v) is 16.9. The monoisotopic (exact) mass is 441 g/mol. The number of benzene rings is 1. The Morgan fingerprint density at radius 2 is 1.93 bits per heavy atom. The van der Waals surface area contributed by atoms with Crippen molar-refractivity contribution in [1.29, 1.82) is 0 Å². The minimum atomic E-state index is -4.62. The van der Waals surface area contributed by atoms with Gasteiger partial charge in [-0.1, -0.05) is 23.7 Å². The highest BCUT2D eigenvalue weighted by Crippen LogP contribution is 2.33. The Hall–Kier alpha value is -2.65. The number of aryl methyl sites for hydroxylation is 1. The first-order chi connectivity index (χ1) is 13.6. The fraction of sp³-hybridized carbons (Fsp3) is 0.211. The van der Waals surface area contributed by atoms with E-state index in [-0.39, 0.29) is 17.9 Å². The molecule has 0 radical (unpaired) electrons. The van der Waals surface area contributed by atoms with Crippen molar-refractivity contribution in [2.24, 2.45) is 0 Å². The van der Waals surface area contributed by atoms with Crippen LogP contribution in [0.4, 0.5) is 13.2 Å². The van der Waals surface area contributed by atoms with Crippen molar-refractivity contribution in [2.45, 2.75) is 19.6 Å². The first-order valence-electron chi connectivity index (χ1n) is 8.35. The summed E-state index contributed by atoms with van der Waals surface area (Å²) < 4.78 is 41.7. The zero-order chi connectivity index (χ0) is 21.3. The van der Waals surface area contributed by atoms with E-state index in [9.17, 15) is 22.8 Å². The van der Waals surface area contributed by atoms with Crippen LogP contribution >= 0.6 is 22.9 Å². The maximum absolute atomic E-state index is 13.4. The van der Waals surface area contributed by atoms with Crippen molar-refractivity contribution in [3.8, 4) is 5.69 Å². The smallest absolute Gasteiger partial charge is 0.335 e. The molecule has 0 aliphatic carbocycles. The van der Waals surface area contributed by atoms with E-state index in [1.807, 2.05) is 0 Å². The molecule has 0 unspecified atom stereocenters. The molecule has 0 spiro atoms. The molecule has 0 N–H and O–H groups in total. The molecule has 5 nitrogen and oxygen atoms in total. The highest BCUT2D eigenvalue weighted by molar-refractivity contribution is 7.16. The molecule has 1 amide bonds. The number of carbonyl (C=O) groups is 1. The van der Waals surface area contributed by atoms with Crippen molar-refractivity contribution < 1.29 is 18.0 Å². The van der Waals surface area contributed by atoms with Crippen molar-refractivity contribution in [2.75, 3.05) is 7.05 Å². The van der Waals surface area contributed by atoms with Crippen LogP contribution in [0.3, 0.4) is 0 Å². The van der Waals surface area contributed by atoms with Gasteiger partial charge in [0, 0.05) is 23.7 Å². The highest BCUT2D eigenvalue weighted by Gasteiger charge is 2.34. The zero-order valence-electron chi connectivity index (χ0n) is 15.3. The van der Waals surface area contributed by atoms with E-state index in [0.717, 1.165) is 21.7 Å². The van der Waals surface area contributed by atoms with Gasteiger partial charge in [-0.05, 0) is 31.2 Å². The number of aromatic nitrogens is 2. The van der Waals surface area contributed by atoms with Crippen molar-refractivity contribution >= 4 is 28.8 Å². The van der Waals surface area contributed by atoms with Gasteiger partial charge in [-0.25, -0.2) is 4.68 Å². The van der Waals surface area contributed by atoms with Gasteiger partial charge in [0.1, 0.15) is 0 Å². The number of para-hydroxylation sites is 1. The van der Waals surface area contributed by atoms with Crippen LogP contribution in [-0.2, 0) is 12.7 Å². The van der Waals surface area contributed by atoms with Gasteiger partial charge in [0.2, 0.25) is 5.43 Å². The summed E-state index contributed by atoms with van der Waals surface area (Å²) in [5.74, 6) is -0.697. The topological polar surface area (TPSA) is 55.2 Å². The minimum Gasteiger partial charge on any atom is -0.335 e. The van der Waals surface area contributed by atoms with E-state index in [1.54, 1.807) is 12.1 Å². The molecule has 0 aliphatic rings. The van der Waals surface area contributed by atoms with Crippen LogP contribution in [0.15, 0.2) is 47.3 Å². The van der Waals surface area contributed by atoms with E-state index >= 15 is 0 Å². The lowest BCUT2D eigenvalue weighted by Gasteiger charge is -2.19. The molecule has 10 heteroatoms. The van der Waals surface area contributed by atoms with Gasteiger partial charge in [-0.2, -0.15) is 18.3 Å². The predicted molar refractivity (Wildman–Crippen MR) is 105 cm³/mol. The first-order valence-corrected chi connectivity index (χ1v) is 9.54. The third-order valence-corrected chi connectivity index (χ3v) is 5.33. The summed E-state index contributed by atoms with van der Waals surface area (Å²) in [4.78, 5) is 27.2. The predicted octanol–water partition coefficient (Wildman–Crippen LogP) is 4.55. The molecule has 3 aromatic rings.